The van der Waals surface area contributed by atoms with Crippen molar-refractivity contribution in [1.29, 1.82) is 0 Å². The van der Waals surface area contributed by atoms with Crippen LogP contribution in [0.2, 0.25) is 0 Å². The van der Waals surface area contributed by atoms with E-state index in [1.165, 1.54) is 31.2 Å². The summed E-state index contributed by atoms with van der Waals surface area (Å²) >= 11 is 0. The van der Waals surface area contributed by atoms with Gasteiger partial charge < -0.3 is 9.84 Å². The average Bonchev–Trinajstić information content (AvgIpc) is 2.45. The second kappa shape index (κ2) is 6.75. The van der Waals surface area contributed by atoms with Crippen LogP contribution < -0.4 is 4.74 Å². The molecule has 0 saturated heterocycles. The summed E-state index contributed by atoms with van der Waals surface area (Å²) in [5, 5.41) is 10.7. The van der Waals surface area contributed by atoms with Gasteiger partial charge in [-0.2, -0.15) is 0 Å². The number of phenolic OH excluding ortho intramolecular Hbond substituents is 1. The highest BCUT2D eigenvalue weighted by Crippen LogP contribution is 2.54. The minimum Gasteiger partial charge on any atom is -0.508 e. The smallest absolute Gasteiger partial charge is 0.127 e. The van der Waals surface area contributed by atoms with Crippen molar-refractivity contribution in [3.8, 4) is 11.5 Å². The van der Waals surface area contributed by atoms with E-state index >= 15 is 0 Å². The zero-order valence-corrected chi connectivity index (χ0v) is 15.1. The van der Waals surface area contributed by atoms with Gasteiger partial charge in [0, 0.05) is 11.5 Å². The number of hydrogen-bond donors (Lipinski definition) is 1. The van der Waals surface area contributed by atoms with Crippen molar-refractivity contribution < 1.29 is 9.84 Å². The van der Waals surface area contributed by atoms with E-state index < -0.39 is 0 Å². The molecule has 128 valence electrons. The van der Waals surface area contributed by atoms with Crippen molar-refractivity contribution >= 4 is 0 Å². The molecule has 2 bridgehead atoms. The van der Waals surface area contributed by atoms with Crippen molar-refractivity contribution in [2.75, 3.05) is 0 Å². The van der Waals surface area contributed by atoms with E-state index in [0.29, 0.717) is 35.5 Å². The van der Waals surface area contributed by atoms with Crippen LogP contribution in [0.5, 0.6) is 11.5 Å². The van der Waals surface area contributed by atoms with Crippen LogP contribution >= 0.6 is 0 Å². The first-order valence-corrected chi connectivity index (χ1v) is 9.53. The Morgan fingerprint density at radius 1 is 1.22 bits per heavy atom. The predicted octanol–water partition coefficient (Wildman–Crippen LogP) is 5.67. The van der Waals surface area contributed by atoms with Gasteiger partial charge in [0.15, 0.2) is 0 Å². The Balaban J connectivity index is 1.92. The zero-order chi connectivity index (χ0) is 16.6. The van der Waals surface area contributed by atoms with Gasteiger partial charge >= 0.3 is 0 Å². The lowest BCUT2D eigenvalue weighted by Crippen LogP contribution is -2.44. The van der Waals surface area contributed by atoms with Crippen LogP contribution in [0.25, 0.3) is 0 Å². The quantitative estimate of drug-likeness (QED) is 0.709. The topological polar surface area (TPSA) is 29.5 Å². The van der Waals surface area contributed by atoms with Gasteiger partial charge in [0.05, 0.1) is 0 Å². The van der Waals surface area contributed by atoms with Crippen LogP contribution in [0, 0.1) is 17.8 Å². The Bertz CT molecular complexity index is 549. The van der Waals surface area contributed by atoms with Crippen LogP contribution in [-0.4, -0.2) is 11.2 Å². The van der Waals surface area contributed by atoms with Gasteiger partial charge in [0.2, 0.25) is 0 Å². The Labute approximate surface area is 141 Å². The van der Waals surface area contributed by atoms with Crippen molar-refractivity contribution in [3.63, 3.8) is 0 Å². The highest BCUT2D eigenvalue weighted by molar-refractivity contribution is 5.51. The molecule has 2 aliphatic rings. The summed E-state index contributed by atoms with van der Waals surface area (Å²) in [5.41, 5.74) is 2.31. The molecule has 2 nitrogen and oxygen atoms in total. The molecule has 1 aliphatic heterocycles. The van der Waals surface area contributed by atoms with E-state index in [9.17, 15) is 5.11 Å². The largest absolute Gasteiger partial charge is 0.508 e. The van der Waals surface area contributed by atoms with Crippen molar-refractivity contribution in [2.24, 2.45) is 17.8 Å². The number of phenols is 1. The van der Waals surface area contributed by atoms with Gasteiger partial charge in [-0.3, -0.25) is 0 Å². The van der Waals surface area contributed by atoms with Crippen molar-refractivity contribution in [1.82, 2.24) is 0 Å². The summed E-state index contributed by atoms with van der Waals surface area (Å²) < 4.78 is 6.41. The number of aryl methyl sites for hydroxylation is 1. The molecule has 1 aromatic carbocycles. The first-order chi connectivity index (χ1) is 11.0. The maximum absolute atomic E-state index is 10.7. The van der Waals surface area contributed by atoms with Gasteiger partial charge in [-0.15, -0.1) is 0 Å². The molecule has 3 rings (SSSR count). The summed E-state index contributed by atoms with van der Waals surface area (Å²) in [5.74, 6) is 3.70. The molecule has 0 spiro atoms. The molecular formula is C21H32O2. The third-order valence-corrected chi connectivity index (χ3v) is 5.85. The molecule has 1 fully saturated rings. The SMILES string of the molecule is CCCCCc1cc(O)c2c(c1)OC1CC(C)CC2C1C(C)C. The van der Waals surface area contributed by atoms with Gasteiger partial charge in [-0.1, -0.05) is 40.5 Å². The fourth-order valence-electron chi connectivity index (χ4n) is 4.85. The summed E-state index contributed by atoms with van der Waals surface area (Å²) in [7, 11) is 0. The number of rotatable bonds is 5. The second-order valence-corrected chi connectivity index (χ2v) is 8.14. The molecular weight excluding hydrogens is 284 g/mol. The van der Waals surface area contributed by atoms with Gasteiger partial charge in [-0.05, 0) is 61.1 Å². The number of aromatic hydroxyl groups is 1. The molecule has 23 heavy (non-hydrogen) atoms. The Kier molecular flexibility index (Phi) is 4.89. The monoisotopic (exact) mass is 316 g/mol. The van der Waals surface area contributed by atoms with Crippen molar-refractivity contribution in [2.45, 2.75) is 78.2 Å². The van der Waals surface area contributed by atoms with E-state index in [-0.39, 0.29) is 0 Å². The number of unbranched alkanes of at least 4 members (excludes halogenated alkanes) is 2. The molecule has 1 N–H and O–H groups in total. The lowest BCUT2D eigenvalue weighted by atomic mass is 9.64. The van der Waals surface area contributed by atoms with E-state index in [1.807, 2.05) is 6.07 Å². The lowest BCUT2D eigenvalue weighted by molar-refractivity contribution is 0.00793. The standard InChI is InChI=1S/C21H32O2/c1-5-6-7-8-15-11-17(22)21-16-9-14(4)10-18(20(16)13(2)3)23-19(21)12-15/h11-14,16,18,20,22H,5-10H2,1-4H3. The van der Waals surface area contributed by atoms with Gasteiger partial charge in [0.1, 0.15) is 17.6 Å². The zero-order valence-electron chi connectivity index (χ0n) is 15.1. The summed E-state index contributed by atoms with van der Waals surface area (Å²) in [6, 6.07) is 4.20. The van der Waals surface area contributed by atoms with Crippen LogP contribution in [-0.2, 0) is 6.42 Å². The Morgan fingerprint density at radius 3 is 2.70 bits per heavy atom. The fourth-order valence-corrected chi connectivity index (χ4v) is 4.85. The lowest BCUT2D eigenvalue weighted by Gasteiger charge is -2.47. The highest BCUT2D eigenvalue weighted by Gasteiger charge is 2.45. The second-order valence-electron chi connectivity index (χ2n) is 8.14. The van der Waals surface area contributed by atoms with Crippen LogP contribution in [0.4, 0.5) is 0 Å². The highest BCUT2D eigenvalue weighted by atomic mass is 16.5. The first-order valence-electron chi connectivity index (χ1n) is 9.53. The maximum atomic E-state index is 10.7. The molecule has 1 aromatic rings. The first kappa shape index (κ1) is 16.7. The molecule has 0 aromatic heterocycles. The van der Waals surface area contributed by atoms with E-state index in [0.717, 1.165) is 24.2 Å². The summed E-state index contributed by atoms with van der Waals surface area (Å²) in [6.45, 7) is 9.14. The Hall–Kier alpha value is -1.18. The average molecular weight is 316 g/mol. The molecule has 4 unspecified atom stereocenters. The Morgan fingerprint density at radius 2 is 2.00 bits per heavy atom. The molecule has 0 radical (unpaired) electrons. The van der Waals surface area contributed by atoms with Crippen LogP contribution in [0.1, 0.15) is 76.8 Å². The number of benzene rings is 1. The number of ether oxygens (including phenoxy) is 1. The third-order valence-electron chi connectivity index (χ3n) is 5.85. The minimum absolute atomic E-state index is 0.321. The minimum atomic E-state index is 0.321. The van der Waals surface area contributed by atoms with Gasteiger partial charge in [-0.25, -0.2) is 0 Å². The van der Waals surface area contributed by atoms with Gasteiger partial charge in [0.25, 0.3) is 0 Å². The molecule has 1 saturated carbocycles. The fraction of sp³-hybridized carbons (Fsp3) is 0.714. The summed E-state index contributed by atoms with van der Waals surface area (Å²) in [6.07, 6.45) is 7.35. The third kappa shape index (κ3) is 3.22. The van der Waals surface area contributed by atoms with Crippen LogP contribution in [0.15, 0.2) is 12.1 Å². The maximum Gasteiger partial charge on any atom is 0.127 e. The molecule has 1 heterocycles. The molecule has 0 amide bonds. The predicted molar refractivity (Wildman–Crippen MR) is 95.2 cm³/mol. The number of fused-ring (bicyclic) bond motifs is 4. The van der Waals surface area contributed by atoms with Crippen LogP contribution in [0.3, 0.4) is 0 Å². The molecule has 2 heteroatoms. The van der Waals surface area contributed by atoms with Crippen molar-refractivity contribution in [3.05, 3.63) is 23.3 Å². The molecule has 1 aliphatic carbocycles. The normalized spacial score (nSPS) is 29.3. The molecule has 4 atom stereocenters. The van der Waals surface area contributed by atoms with E-state index in [1.54, 1.807) is 0 Å². The number of hydrogen-bond acceptors (Lipinski definition) is 2. The van der Waals surface area contributed by atoms with E-state index in [4.69, 9.17) is 4.74 Å². The summed E-state index contributed by atoms with van der Waals surface area (Å²) in [4.78, 5) is 0. The van der Waals surface area contributed by atoms with E-state index in [2.05, 4.69) is 33.8 Å².